The van der Waals surface area contributed by atoms with Crippen molar-refractivity contribution in [3.8, 4) is 0 Å². The number of hydrogen-bond donors (Lipinski definition) is 0. The van der Waals surface area contributed by atoms with Crippen LogP contribution >= 0.6 is 0 Å². The van der Waals surface area contributed by atoms with Crippen LogP contribution in [0.25, 0.3) is 0 Å². The van der Waals surface area contributed by atoms with Gasteiger partial charge in [0.25, 0.3) is 0 Å². The molecule has 0 saturated carbocycles. The molecule has 0 aliphatic rings. The number of carbonyl (C=O) groups is 1. The van der Waals surface area contributed by atoms with E-state index in [2.05, 4.69) is 20.8 Å². The van der Waals surface area contributed by atoms with Crippen molar-refractivity contribution in [1.29, 1.82) is 0 Å². The highest BCUT2D eigenvalue weighted by atomic mass is 16.1. The van der Waals surface area contributed by atoms with Gasteiger partial charge < -0.3 is 4.79 Å². The first kappa shape index (κ1) is 8.67. The molecule has 0 saturated heterocycles. The Labute approximate surface area is 57.5 Å². The molecule has 0 radical (unpaired) electrons. The molecule has 0 aromatic carbocycles. The Bertz CT molecular complexity index is 76.6. The summed E-state index contributed by atoms with van der Waals surface area (Å²) in [7, 11) is 0. The highest BCUT2D eigenvalue weighted by molar-refractivity contribution is 5.49. The van der Waals surface area contributed by atoms with Crippen LogP contribution in [0.2, 0.25) is 0 Å². The highest BCUT2D eigenvalue weighted by Gasteiger charge is 2.08. The van der Waals surface area contributed by atoms with Crippen LogP contribution in [0.1, 0.15) is 33.6 Å². The predicted molar refractivity (Wildman–Crippen MR) is 39.3 cm³/mol. The maximum atomic E-state index is 10.1. The summed E-state index contributed by atoms with van der Waals surface area (Å²) in [6, 6.07) is 0. The zero-order valence-electron chi connectivity index (χ0n) is 6.55. The van der Waals surface area contributed by atoms with E-state index < -0.39 is 0 Å². The third-order valence-corrected chi connectivity index (χ3v) is 1.87. The minimum absolute atomic E-state index is 0.600. The summed E-state index contributed by atoms with van der Waals surface area (Å²) in [5, 5.41) is 0. The zero-order chi connectivity index (χ0) is 7.28. The first-order valence-electron chi connectivity index (χ1n) is 3.66. The maximum absolute atomic E-state index is 10.1. The third kappa shape index (κ3) is 3.28. The lowest BCUT2D eigenvalue weighted by atomic mass is 9.91. The predicted octanol–water partition coefficient (Wildman–Crippen LogP) is 2.26. The molecule has 0 aromatic rings. The second kappa shape index (κ2) is 4.54. The van der Waals surface area contributed by atoms with Gasteiger partial charge in [-0.3, -0.25) is 0 Å². The molecular weight excluding hydrogens is 112 g/mol. The number of hydrogen-bond acceptors (Lipinski definition) is 1. The molecule has 0 aromatic heterocycles. The van der Waals surface area contributed by atoms with E-state index in [1.807, 2.05) is 0 Å². The Balaban J connectivity index is 3.53. The third-order valence-electron chi connectivity index (χ3n) is 1.87. The molecule has 1 atom stereocenters. The minimum atomic E-state index is 0.600. The van der Waals surface area contributed by atoms with Crippen molar-refractivity contribution in [2.45, 2.75) is 33.6 Å². The average Bonchev–Trinajstić information content (AvgIpc) is 1.82. The molecular formula is C8H16O. The summed E-state index contributed by atoms with van der Waals surface area (Å²) in [5.41, 5.74) is 0. The van der Waals surface area contributed by atoms with Gasteiger partial charge in [-0.05, 0) is 11.8 Å². The van der Waals surface area contributed by atoms with E-state index in [4.69, 9.17) is 0 Å². The van der Waals surface area contributed by atoms with Crippen LogP contribution in [0.4, 0.5) is 0 Å². The fraction of sp³-hybridized carbons (Fsp3) is 0.875. The molecule has 0 fully saturated rings. The Morgan fingerprint density at radius 1 is 1.44 bits per heavy atom. The van der Waals surface area contributed by atoms with Gasteiger partial charge >= 0.3 is 0 Å². The van der Waals surface area contributed by atoms with Crippen molar-refractivity contribution in [3.05, 3.63) is 0 Å². The minimum Gasteiger partial charge on any atom is -0.303 e. The largest absolute Gasteiger partial charge is 0.303 e. The summed E-state index contributed by atoms with van der Waals surface area (Å²) in [6.45, 7) is 6.46. The molecule has 0 spiro atoms. The molecule has 0 heterocycles. The van der Waals surface area contributed by atoms with E-state index in [-0.39, 0.29) is 0 Å². The number of carbonyl (C=O) groups excluding carboxylic acids is 1. The fourth-order valence-corrected chi connectivity index (χ4v) is 1.03. The van der Waals surface area contributed by atoms with Crippen LogP contribution in [0.3, 0.4) is 0 Å². The van der Waals surface area contributed by atoms with E-state index in [0.29, 0.717) is 11.8 Å². The summed E-state index contributed by atoms with van der Waals surface area (Å²) < 4.78 is 0. The van der Waals surface area contributed by atoms with Gasteiger partial charge in [-0.2, -0.15) is 0 Å². The van der Waals surface area contributed by atoms with Crippen molar-refractivity contribution in [3.63, 3.8) is 0 Å². The van der Waals surface area contributed by atoms with Crippen LogP contribution in [0, 0.1) is 11.8 Å². The molecule has 1 heteroatoms. The van der Waals surface area contributed by atoms with E-state index in [9.17, 15) is 4.79 Å². The second-order valence-corrected chi connectivity index (χ2v) is 2.81. The molecule has 9 heavy (non-hydrogen) atoms. The summed E-state index contributed by atoms with van der Waals surface area (Å²) >= 11 is 0. The van der Waals surface area contributed by atoms with Crippen LogP contribution in [0.15, 0.2) is 0 Å². The first-order valence-corrected chi connectivity index (χ1v) is 3.66. The van der Waals surface area contributed by atoms with E-state index in [0.717, 1.165) is 19.1 Å². The van der Waals surface area contributed by atoms with E-state index in [1.54, 1.807) is 0 Å². The quantitative estimate of drug-likeness (QED) is 0.531. The second-order valence-electron chi connectivity index (χ2n) is 2.81. The van der Waals surface area contributed by atoms with Crippen molar-refractivity contribution < 1.29 is 4.79 Å². The zero-order valence-corrected chi connectivity index (χ0v) is 6.55. The Morgan fingerprint density at radius 3 is 2.11 bits per heavy atom. The smallest absolute Gasteiger partial charge is 0.120 e. The van der Waals surface area contributed by atoms with Gasteiger partial charge in [0.2, 0.25) is 0 Å². The number of rotatable bonds is 4. The van der Waals surface area contributed by atoms with Gasteiger partial charge in [0.1, 0.15) is 6.29 Å². The molecule has 1 nitrogen and oxygen atoms in total. The summed E-state index contributed by atoms with van der Waals surface area (Å²) in [5.74, 6) is 1.25. The molecule has 0 rings (SSSR count). The lowest BCUT2D eigenvalue weighted by Crippen LogP contribution is -2.07. The van der Waals surface area contributed by atoms with Gasteiger partial charge in [0.15, 0.2) is 0 Å². The van der Waals surface area contributed by atoms with Gasteiger partial charge in [-0.15, -0.1) is 0 Å². The highest BCUT2D eigenvalue weighted by Crippen LogP contribution is 2.16. The molecule has 0 amide bonds. The molecule has 0 bridgehead atoms. The van der Waals surface area contributed by atoms with Crippen molar-refractivity contribution >= 4 is 6.29 Å². The standard InChI is InChI=1S/C8H16O/c1-4-8(5-6-9)7(2)3/h6-8H,4-5H2,1-3H3. The van der Waals surface area contributed by atoms with Crippen LogP contribution < -0.4 is 0 Å². The normalized spacial score (nSPS) is 13.8. The fourth-order valence-electron chi connectivity index (χ4n) is 1.03. The Kier molecular flexibility index (Phi) is 4.37. The maximum Gasteiger partial charge on any atom is 0.120 e. The Morgan fingerprint density at radius 2 is 2.00 bits per heavy atom. The molecule has 0 N–H and O–H groups in total. The van der Waals surface area contributed by atoms with Crippen molar-refractivity contribution in [2.24, 2.45) is 11.8 Å². The summed E-state index contributed by atoms with van der Waals surface area (Å²) in [6.07, 6.45) is 2.87. The molecule has 0 aliphatic carbocycles. The first-order chi connectivity index (χ1) is 4.22. The lowest BCUT2D eigenvalue weighted by molar-refractivity contribution is -0.108. The van der Waals surface area contributed by atoms with Crippen LogP contribution in [-0.4, -0.2) is 6.29 Å². The topological polar surface area (TPSA) is 17.1 Å². The molecule has 0 aliphatic heterocycles. The van der Waals surface area contributed by atoms with E-state index in [1.165, 1.54) is 0 Å². The van der Waals surface area contributed by atoms with Gasteiger partial charge in [0.05, 0.1) is 0 Å². The van der Waals surface area contributed by atoms with Crippen molar-refractivity contribution in [1.82, 2.24) is 0 Å². The van der Waals surface area contributed by atoms with Crippen LogP contribution in [0.5, 0.6) is 0 Å². The summed E-state index contributed by atoms with van der Waals surface area (Å²) in [4.78, 5) is 10.1. The van der Waals surface area contributed by atoms with Gasteiger partial charge in [-0.25, -0.2) is 0 Å². The Hall–Kier alpha value is -0.330. The number of aldehydes is 1. The monoisotopic (exact) mass is 128 g/mol. The van der Waals surface area contributed by atoms with Gasteiger partial charge in [0, 0.05) is 6.42 Å². The average molecular weight is 128 g/mol. The molecule has 1 unspecified atom stereocenters. The van der Waals surface area contributed by atoms with Gasteiger partial charge in [-0.1, -0.05) is 27.2 Å². The lowest BCUT2D eigenvalue weighted by Gasteiger charge is -2.14. The molecule has 54 valence electrons. The van der Waals surface area contributed by atoms with E-state index >= 15 is 0 Å². The SMILES string of the molecule is CCC(CC=O)C(C)C. The van der Waals surface area contributed by atoms with Crippen LogP contribution in [-0.2, 0) is 4.79 Å². The van der Waals surface area contributed by atoms with Crippen molar-refractivity contribution in [2.75, 3.05) is 0 Å².